The van der Waals surface area contributed by atoms with Gasteiger partial charge in [0.2, 0.25) is 0 Å². The van der Waals surface area contributed by atoms with Gasteiger partial charge >= 0.3 is 0 Å². The number of ketones is 2. The number of carbonyl (C=O) groups excluding carboxylic acids is 2. The van der Waals surface area contributed by atoms with Crippen LogP contribution in [0.4, 0.5) is 0 Å². The van der Waals surface area contributed by atoms with Gasteiger partial charge in [0.25, 0.3) is 0 Å². The molecule has 124 valence electrons. The Hall–Kier alpha value is -2.72. The number of Topliss-reactive ketones (excluding diaryl/α,β-unsaturated/α-hetero) is 2. The van der Waals surface area contributed by atoms with Crippen LogP contribution in [0.5, 0.6) is 5.75 Å². The van der Waals surface area contributed by atoms with E-state index in [1.54, 1.807) is 72.8 Å². The third-order valence-electron chi connectivity index (χ3n) is 3.97. The fraction of sp³-hybridized carbons (Fsp3) is 0.0476. The lowest BCUT2D eigenvalue weighted by molar-refractivity contribution is -0.268. The molecule has 25 heavy (non-hydrogen) atoms. The predicted octanol–water partition coefficient (Wildman–Crippen LogP) is 4.12. The lowest BCUT2D eigenvalue weighted by Crippen LogP contribution is -2.38. The van der Waals surface area contributed by atoms with Crippen molar-refractivity contribution in [1.82, 2.24) is 0 Å². The van der Waals surface area contributed by atoms with Crippen molar-refractivity contribution in [2.75, 3.05) is 0 Å². The predicted molar refractivity (Wildman–Crippen MR) is 98.0 cm³/mol. The first-order valence-electron chi connectivity index (χ1n) is 7.70. The molecule has 0 saturated heterocycles. The summed E-state index contributed by atoms with van der Waals surface area (Å²) in [6.07, 6.45) is 0. The number of halogens is 1. The monoisotopic (exact) mass is 393 g/mol. The van der Waals surface area contributed by atoms with E-state index >= 15 is 0 Å². The molecule has 0 spiro atoms. The van der Waals surface area contributed by atoms with Gasteiger partial charge in [-0.3, -0.25) is 9.59 Å². The Morgan fingerprint density at radius 1 is 0.720 bits per heavy atom. The number of hydrogen-bond donors (Lipinski definition) is 0. The average molecular weight is 394 g/mol. The highest BCUT2D eigenvalue weighted by atomic mass is 79.9. The number of rotatable bonds is 5. The molecule has 0 saturated carbocycles. The molecule has 0 aliphatic rings. The van der Waals surface area contributed by atoms with Crippen molar-refractivity contribution in [2.45, 2.75) is 4.32 Å². The Balaban J connectivity index is 2.18. The second-order valence-electron chi connectivity index (χ2n) is 5.54. The lowest BCUT2D eigenvalue weighted by Gasteiger charge is -2.27. The minimum Gasteiger partial charge on any atom is -0.872 e. The molecule has 3 aromatic rings. The van der Waals surface area contributed by atoms with E-state index in [-0.39, 0.29) is 5.56 Å². The Morgan fingerprint density at radius 3 is 1.84 bits per heavy atom. The van der Waals surface area contributed by atoms with E-state index in [0.29, 0.717) is 11.1 Å². The van der Waals surface area contributed by atoms with E-state index in [4.69, 9.17) is 0 Å². The van der Waals surface area contributed by atoms with Crippen LogP contribution in [-0.4, -0.2) is 11.6 Å². The highest BCUT2D eigenvalue weighted by Gasteiger charge is 2.45. The van der Waals surface area contributed by atoms with Gasteiger partial charge in [0.15, 0.2) is 15.9 Å². The van der Waals surface area contributed by atoms with Crippen molar-refractivity contribution in [3.8, 4) is 5.75 Å². The molecule has 4 heteroatoms. The molecule has 1 atom stereocenters. The van der Waals surface area contributed by atoms with Crippen LogP contribution in [-0.2, 0) is 4.32 Å². The van der Waals surface area contributed by atoms with Gasteiger partial charge in [-0.1, -0.05) is 107 Å². The summed E-state index contributed by atoms with van der Waals surface area (Å²) in [5.41, 5.74) is 0.851. The summed E-state index contributed by atoms with van der Waals surface area (Å²) in [4.78, 5) is 26.5. The topological polar surface area (TPSA) is 57.2 Å². The molecule has 0 bridgehead atoms. The first-order chi connectivity index (χ1) is 12.0. The van der Waals surface area contributed by atoms with Gasteiger partial charge in [-0.15, -0.1) is 0 Å². The van der Waals surface area contributed by atoms with Crippen LogP contribution >= 0.6 is 15.9 Å². The number of hydrogen-bond acceptors (Lipinski definition) is 3. The summed E-state index contributed by atoms with van der Waals surface area (Å²) in [5.74, 6) is -1.39. The third-order valence-corrected chi connectivity index (χ3v) is 5.14. The van der Waals surface area contributed by atoms with Crippen LogP contribution < -0.4 is 5.11 Å². The maximum atomic E-state index is 13.2. The van der Waals surface area contributed by atoms with Crippen LogP contribution in [0.1, 0.15) is 26.3 Å². The van der Waals surface area contributed by atoms with Crippen LogP contribution in [0.2, 0.25) is 0 Å². The van der Waals surface area contributed by atoms with Crippen molar-refractivity contribution < 1.29 is 14.7 Å². The Kier molecular flexibility index (Phi) is 4.81. The molecule has 1 unspecified atom stereocenters. The van der Waals surface area contributed by atoms with Crippen LogP contribution in [0.15, 0.2) is 84.9 Å². The zero-order chi connectivity index (χ0) is 17.9. The Morgan fingerprint density at radius 2 is 1.24 bits per heavy atom. The normalized spacial score (nSPS) is 13.0. The summed E-state index contributed by atoms with van der Waals surface area (Å²) in [6, 6.07) is 23.2. The van der Waals surface area contributed by atoms with Gasteiger partial charge in [0.1, 0.15) is 0 Å². The summed E-state index contributed by atoms with van der Waals surface area (Å²) >= 11 is 3.39. The highest BCUT2D eigenvalue weighted by Crippen LogP contribution is 2.39. The molecule has 0 heterocycles. The minimum absolute atomic E-state index is 0.0208. The second-order valence-corrected chi connectivity index (χ2v) is 6.73. The van der Waals surface area contributed by atoms with Gasteiger partial charge in [-0.05, 0) is 5.56 Å². The van der Waals surface area contributed by atoms with Crippen LogP contribution in [0, 0.1) is 0 Å². The first-order valence-corrected chi connectivity index (χ1v) is 8.49. The van der Waals surface area contributed by atoms with Crippen molar-refractivity contribution in [2.24, 2.45) is 0 Å². The van der Waals surface area contributed by atoms with Crippen LogP contribution in [0.3, 0.4) is 0 Å². The van der Waals surface area contributed by atoms with E-state index in [9.17, 15) is 14.7 Å². The zero-order valence-corrected chi connectivity index (χ0v) is 14.8. The molecular weight excluding hydrogens is 380 g/mol. The fourth-order valence-corrected chi connectivity index (χ4v) is 3.37. The molecule has 0 aliphatic heterocycles. The zero-order valence-electron chi connectivity index (χ0n) is 13.2. The standard InChI is InChI=1S/C21H15BrO3/c22-21(16-11-5-2-6-12-16,19(24)15-9-3-1-4-10-15)20(25)17-13-7-8-14-18(17)23/h1-14,23H/p-1. The van der Waals surface area contributed by atoms with Gasteiger partial charge < -0.3 is 5.11 Å². The molecule has 0 aromatic heterocycles. The fourth-order valence-electron chi connectivity index (χ4n) is 2.66. The van der Waals surface area contributed by atoms with E-state index in [2.05, 4.69) is 15.9 Å². The molecule has 3 aromatic carbocycles. The lowest BCUT2D eigenvalue weighted by atomic mass is 9.84. The van der Waals surface area contributed by atoms with E-state index < -0.39 is 21.6 Å². The molecule has 0 aliphatic carbocycles. The summed E-state index contributed by atoms with van der Waals surface area (Å²) in [7, 11) is 0. The average Bonchev–Trinajstić information content (AvgIpc) is 2.68. The first kappa shape index (κ1) is 17.1. The van der Waals surface area contributed by atoms with Gasteiger partial charge in [0, 0.05) is 11.1 Å². The van der Waals surface area contributed by atoms with Gasteiger partial charge in [-0.25, -0.2) is 0 Å². The molecule has 0 amide bonds. The number of carbonyl (C=O) groups is 2. The summed E-state index contributed by atoms with van der Waals surface area (Å²) in [6.45, 7) is 0. The number of para-hydroxylation sites is 1. The second kappa shape index (κ2) is 7.03. The molecule has 0 fully saturated rings. The van der Waals surface area contributed by atoms with Crippen molar-refractivity contribution in [3.63, 3.8) is 0 Å². The molecular formula is C21H14BrO3-. The van der Waals surface area contributed by atoms with Crippen molar-refractivity contribution in [1.29, 1.82) is 0 Å². The molecule has 0 N–H and O–H groups in total. The van der Waals surface area contributed by atoms with Gasteiger partial charge in [-0.2, -0.15) is 0 Å². The van der Waals surface area contributed by atoms with E-state index in [1.807, 2.05) is 0 Å². The summed E-state index contributed by atoms with van der Waals surface area (Å²) < 4.78 is -1.66. The Labute approximate surface area is 154 Å². The van der Waals surface area contributed by atoms with Crippen molar-refractivity contribution in [3.05, 3.63) is 102 Å². The van der Waals surface area contributed by atoms with E-state index in [0.717, 1.165) is 0 Å². The number of alkyl halides is 1. The summed E-state index contributed by atoms with van der Waals surface area (Å²) in [5, 5.41) is 12.1. The molecule has 0 radical (unpaired) electrons. The smallest absolute Gasteiger partial charge is 0.191 e. The minimum atomic E-state index is -1.66. The maximum Gasteiger partial charge on any atom is 0.191 e. The SMILES string of the molecule is O=C(c1ccccc1)C(Br)(C(=O)c1ccccc1[O-])c1ccccc1. The van der Waals surface area contributed by atoms with Gasteiger partial charge in [0.05, 0.1) is 0 Å². The molecule has 3 rings (SSSR count). The third kappa shape index (κ3) is 3.13. The largest absolute Gasteiger partial charge is 0.872 e. The Bertz CT molecular complexity index is 907. The quantitative estimate of drug-likeness (QED) is 0.372. The highest BCUT2D eigenvalue weighted by molar-refractivity contribution is 9.10. The van der Waals surface area contributed by atoms with E-state index in [1.165, 1.54) is 12.1 Å². The molecule has 3 nitrogen and oxygen atoms in total. The number of benzene rings is 3. The van der Waals surface area contributed by atoms with Crippen LogP contribution in [0.25, 0.3) is 0 Å². The van der Waals surface area contributed by atoms with Crippen molar-refractivity contribution >= 4 is 27.5 Å². The maximum absolute atomic E-state index is 13.2.